The third-order valence-electron chi connectivity index (χ3n) is 2.98. The highest BCUT2D eigenvalue weighted by molar-refractivity contribution is 4.73. The minimum atomic E-state index is -0.287. The summed E-state index contributed by atoms with van der Waals surface area (Å²) in [5.74, 6) is 0. The van der Waals surface area contributed by atoms with E-state index in [2.05, 4.69) is 0 Å². The monoisotopic (exact) mass is 216 g/mol. The van der Waals surface area contributed by atoms with Crippen molar-refractivity contribution in [2.75, 3.05) is 13.7 Å². The highest BCUT2D eigenvalue weighted by atomic mass is 16.5. The quantitative estimate of drug-likeness (QED) is 0.782. The molecule has 0 aromatic carbocycles. The first-order valence-corrected chi connectivity index (χ1v) is 6.06. The normalized spacial score (nSPS) is 30.6. The van der Waals surface area contributed by atoms with Crippen molar-refractivity contribution in [3.63, 3.8) is 0 Å². The van der Waals surface area contributed by atoms with Gasteiger partial charge in [-0.15, -0.1) is 0 Å². The van der Waals surface area contributed by atoms with Gasteiger partial charge in [0.15, 0.2) is 0 Å². The molecular weight excluding hydrogens is 192 g/mol. The Morgan fingerprint density at radius 2 is 1.87 bits per heavy atom. The summed E-state index contributed by atoms with van der Waals surface area (Å²) in [5, 5.41) is 9.93. The lowest BCUT2D eigenvalue weighted by atomic mass is 9.96. The molecule has 3 atom stereocenters. The van der Waals surface area contributed by atoms with Gasteiger partial charge in [0.2, 0.25) is 0 Å². The number of rotatable bonds is 4. The molecule has 1 aliphatic carbocycles. The van der Waals surface area contributed by atoms with Crippen molar-refractivity contribution < 1.29 is 14.6 Å². The lowest BCUT2D eigenvalue weighted by Gasteiger charge is -2.28. The zero-order valence-corrected chi connectivity index (χ0v) is 9.95. The largest absolute Gasteiger partial charge is 0.390 e. The van der Waals surface area contributed by atoms with Crippen LogP contribution in [0.15, 0.2) is 0 Å². The van der Waals surface area contributed by atoms with Gasteiger partial charge in [0.05, 0.1) is 24.9 Å². The van der Waals surface area contributed by atoms with Crippen LogP contribution in [-0.4, -0.2) is 37.1 Å². The summed E-state index contributed by atoms with van der Waals surface area (Å²) in [6.45, 7) is 2.60. The first kappa shape index (κ1) is 12.9. The van der Waals surface area contributed by atoms with Gasteiger partial charge in [-0.25, -0.2) is 0 Å². The number of aliphatic hydroxyl groups excluding tert-OH is 1. The van der Waals surface area contributed by atoms with Crippen LogP contribution in [0.25, 0.3) is 0 Å². The first-order chi connectivity index (χ1) is 7.24. The van der Waals surface area contributed by atoms with E-state index in [-0.39, 0.29) is 18.3 Å². The summed E-state index contributed by atoms with van der Waals surface area (Å²) < 4.78 is 10.8. The van der Waals surface area contributed by atoms with Gasteiger partial charge in [-0.3, -0.25) is 0 Å². The minimum Gasteiger partial charge on any atom is -0.390 e. The van der Waals surface area contributed by atoms with Crippen LogP contribution in [0.4, 0.5) is 0 Å². The van der Waals surface area contributed by atoms with Crippen LogP contribution in [-0.2, 0) is 9.47 Å². The van der Waals surface area contributed by atoms with Gasteiger partial charge in [-0.2, -0.15) is 0 Å². The third-order valence-corrected chi connectivity index (χ3v) is 2.98. The van der Waals surface area contributed by atoms with Crippen LogP contribution >= 0.6 is 0 Å². The van der Waals surface area contributed by atoms with Crippen molar-refractivity contribution in [1.29, 1.82) is 0 Å². The molecule has 1 rings (SSSR count). The number of aliphatic hydroxyl groups is 1. The van der Waals surface area contributed by atoms with Crippen LogP contribution in [0.1, 0.15) is 45.4 Å². The summed E-state index contributed by atoms with van der Waals surface area (Å²) in [5.41, 5.74) is 0. The van der Waals surface area contributed by atoms with Gasteiger partial charge in [-0.05, 0) is 19.8 Å². The molecule has 3 heteroatoms. The van der Waals surface area contributed by atoms with Crippen LogP contribution in [0, 0.1) is 0 Å². The fourth-order valence-corrected chi connectivity index (χ4v) is 2.16. The van der Waals surface area contributed by atoms with Crippen molar-refractivity contribution in [2.24, 2.45) is 0 Å². The second-order valence-electron chi connectivity index (χ2n) is 4.50. The summed E-state index contributed by atoms with van der Waals surface area (Å²) in [6, 6.07) is 0. The number of hydrogen-bond acceptors (Lipinski definition) is 3. The number of hydrogen-bond donors (Lipinski definition) is 1. The summed E-state index contributed by atoms with van der Waals surface area (Å²) in [6.07, 6.45) is 6.47. The molecule has 0 bridgehead atoms. The second kappa shape index (κ2) is 7.20. The van der Waals surface area contributed by atoms with Crippen molar-refractivity contribution in [1.82, 2.24) is 0 Å². The highest BCUT2D eigenvalue weighted by Crippen LogP contribution is 2.21. The van der Waals surface area contributed by atoms with Crippen LogP contribution in [0.2, 0.25) is 0 Å². The SMILES string of the molecule is COCC(C)OC1CCCCCCC1O. The summed E-state index contributed by atoms with van der Waals surface area (Å²) >= 11 is 0. The van der Waals surface area contributed by atoms with Gasteiger partial charge in [-0.1, -0.05) is 25.7 Å². The van der Waals surface area contributed by atoms with Gasteiger partial charge >= 0.3 is 0 Å². The molecule has 1 N–H and O–H groups in total. The van der Waals surface area contributed by atoms with E-state index < -0.39 is 0 Å². The van der Waals surface area contributed by atoms with Crippen LogP contribution in [0.5, 0.6) is 0 Å². The van der Waals surface area contributed by atoms with E-state index in [1.165, 1.54) is 19.3 Å². The molecule has 0 radical (unpaired) electrons. The molecule has 15 heavy (non-hydrogen) atoms. The van der Waals surface area contributed by atoms with Gasteiger partial charge in [0, 0.05) is 7.11 Å². The Hall–Kier alpha value is -0.120. The molecule has 0 spiro atoms. The minimum absolute atomic E-state index is 0.00968. The van der Waals surface area contributed by atoms with Crippen molar-refractivity contribution in [2.45, 2.75) is 63.8 Å². The smallest absolute Gasteiger partial charge is 0.0838 e. The Bertz CT molecular complexity index is 161. The van der Waals surface area contributed by atoms with E-state index in [1.54, 1.807) is 7.11 Å². The van der Waals surface area contributed by atoms with E-state index in [0.29, 0.717) is 6.61 Å². The Balaban J connectivity index is 2.34. The predicted octanol–water partition coefficient (Wildman–Crippen LogP) is 2.12. The van der Waals surface area contributed by atoms with Crippen molar-refractivity contribution in [3.05, 3.63) is 0 Å². The van der Waals surface area contributed by atoms with Gasteiger partial charge in [0.1, 0.15) is 0 Å². The van der Waals surface area contributed by atoms with Crippen LogP contribution < -0.4 is 0 Å². The molecule has 90 valence electrons. The average Bonchev–Trinajstić information content (AvgIpc) is 2.18. The summed E-state index contributed by atoms with van der Waals surface area (Å²) in [4.78, 5) is 0. The molecule has 0 aromatic rings. The highest BCUT2D eigenvalue weighted by Gasteiger charge is 2.23. The number of methoxy groups -OCH3 is 1. The van der Waals surface area contributed by atoms with Crippen molar-refractivity contribution >= 4 is 0 Å². The van der Waals surface area contributed by atoms with E-state index in [1.807, 2.05) is 6.92 Å². The zero-order valence-electron chi connectivity index (χ0n) is 9.95. The average molecular weight is 216 g/mol. The lowest BCUT2D eigenvalue weighted by molar-refractivity contribution is -0.0974. The van der Waals surface area contributed by atoms with E-state index in [9.17, 15) is 5.11 Å². The maximum atomic E-state index is 9.93. The molecule has 0 aromatic heterocycles. The third kappa shape index (κ3) is 4.96. The van der Waals surface area contributed by atoms with Crippen molar-refractivity contribution in [3.8, 4) is 0 Å². The number of ether oxygens (including phenoxy) is 2. The topological polar surface area (TPSA) is 38.7 Å². The zero-order chi connectivity index (χ0) is 11.1. The Labute approximate surface area is 92.8 Å². The molecule has 1 fully saturated rings. The predicted molar refractivity (Wildman–Crippen MR) is 59.9 cm³/mol. The maximum absolute atomic E-state index is 9.93. The van der Waals surface area contributed by atoms with E-state index in [4.69, 9.17) is 9.47 Å². The Morgan fingerprint density at radius 3 is 2.53 bits per heavy atom. The van der Waals surface area contributed by atoms with Gasteiger partial charge in [0.25, 0.3) is 0 Å². The molecule has 1 saturated carbocycles. The molecular formula is C12H24O3. The van der Waals surface area contributed by atoms with Crippen LogP contribution in [0.3, 0.4) is 0 Å². The maximum Gasteiger partial charge on any atom is 0.0838 e. The Morgan fingerprint density at radius 1 is 1.20 bits per heavy atom. The standard InChI is InChI=1S/C12H24O3/c1-10(9-14-2)15-12-8-6-4-3-5-7-11(12)13/h10-13H,3-9H2,1-2H3. The fraction of sp³-hybridized carbons (Fsp3) is 1.00. The molecule has 3 unspecified atom stereocenters. The van der Waals surface area contributed by atoms with Gasteiger partial charge < -0.3 is 14.6 Å². The Kier molecular flexibility index (Phi) is 6.22. The molecule has 0 amide bonds. The molecule has 3 nitrogen and oxygen atoms in total. The molecule has 0 heterocycles. The van der Waals surface area contributed by atoms with E-state index >= 15 is 0 Å². The lowest BCUT2D eigenvalue weighted by Crippen LogP contribution is -2.34. The van der Waals surface area contributed by atoms with E-state index in [0.717, 1.165) is 19.3 Å². The first-order valence-electron chi connectivity index (χ1n) is 6.06. The molecule has 0 aliphatic heterocycles. The summed E-state index contributed by atoms with van der Waals surface area (Å²) in [7, 11) is 1.68. The second-order valence-corrected chi connectivity index (χ2v) is 4.50. The molecule has 1 aliphatic rings. The molecule has 0 saturated heterocycles. The fourth-order valence-electron chi connectivity index (χ4n) is 2.16.